The molecular formula is C9H11ClN4O6S. The second-order valence-corrected chi connectivity index (χ2v) is 6.65. The molecule has 1 N–H and O–H groups in total. The molecule has 0 fully saturated rings. The van der Waals surface area contributed by atoms with Crippen molar-refractivity contribution in [1.82, 2.24) is 5.01 Å². The van der Waals surface area contributed by atoms with E-state index in [0.717, 1.165) is 12.1 Å². The van der Waals surface area contributed by atoms with Crippen molar-refractivity contribution in [2.45, 2.75) is 4.90 Å². The summed E-state index contributed by atoms with van der Waals surface area (Å²) in [5.41, 5.74) is 0.541. The van der Waals surface area contributed by atoms with Crippen molar-refractivity contribution in [3.05, 3.63) is 32.4 Å². The third kappa shape index (κ3) is 3.77. The highest BCUT2D eigenvalue weighted by molar-refractivity contribution is 7.92. The standard InChI is InChI=1S/C9H11ClN4O6S/c1-12(2)11-9-7(13(15)16)3-6(21(19,20)5-10)4-8(9)14(17)18/h3-4,11H,5H2,1-2H3. The Morgan fingerprint density at radius 2 is 1.62 bits per heavy atom. The molecule has 12 heteroatoms. The quantitative estimate of drug-likeness (QED) is 0.466. The van der Waals surface area contributed by atoms with Crippen LogP contribution in [0.1, 0.15) is 0 Å². The number of rotatable bonds is 6. The minimum absolute atomic E-state index is 0.413. The molecule has 0 bridgehead atoms. The minimum atomic E-state index is -4.04. The van der Waals surface area contributed by atoms with Crippen LogP contribution in [-0.2, 0) is 9.84 Å². The third-order valence-corrected chi connectivity index (χ3v) is 4.40. The summed E-state index contributed by atoms with van der Waals surface area (Å²) in [5, 5.41) is 22.5. The smallest absolute Gasteiger partial charge is 0.302 e. The molecule has 0 aliphatic heterocycles. The Morgan fingerprint density at radius 3 is 1.90 bits per heavy atom. The van der Waals surface area contributed by atoms with Crippen molar-refractivity contribution in [2.75, 3.05) is 24.7 Å². The van der Waals surface area contributed by atoms with E-state index >= 15 is 0 Å². The number of hydrazine groups is 1. The van der Waals surface area contributed by atoms with Crippen molar-refractivity contribution in [3.8, 4) is 0 Å². The maximum atomic E-state index is 11.7. The van der Waals surface area contributed by atoms with Crippen LogP contribution in [0.4, 0.5) is 17.1 Å². The van der Waals surface area contributed by atoms with Crippen LogP contribution in [0, 0.1) is 20.2 Å². The lowest BCUT2D eigenvalue weighted by atomic mass is 10.2. The lowest BCUT2D eigenvalue weighted by molar-refractivity contribution is -0.392. The molecule has 0 radical (unpaired) electrons. The second-order valence-electron chi connectivity index (χ2n) is 4.08. The van der Waals surface area contributed by atoms with Gasteiger partial charge in [-0.25, -0.2) is 13.4 Å². The van der Waals surface area contributed by atoms with Crippen molar-refractivity contribution < 1.29 is 18.3 Å². The first kappa shape index (κ1) is 17.1. The zero-order valence-corrected chi connectivity index (χ0v) is 12.5. The van der Waals surface area contributed by atoms with Crippen LogP contribution in [-0.4, -0.2) is 42.6 Å². The van der Waals surface area contributed by atoms with Crippen LogP contribution in [0.2, 0.25) is 0 Å². The van der Waals surface area contributed by atoms with Gasteiger partial charge in [-0.2, -0.15) is 0 Å². The Labute approximate surface area is 124 Å². The average molecular weight is 339 g/mol. The lowest BCUT2D eigenvalue weighted by Crippen LogP contribution is -2.21. The number of nitro benzene ring substituents is 2. The van der Waals surface area contributed by atoms with Gasteiger partial charge in [-0.3, -0.25) is 20.2 Å². The molecule has 0 unspecified atom stereocenters. The first-order valence-electron chi connectivity index (χ1n) is 5.29. The van der Waals surface area contributed by atoms with Gasteiger partial charge in [0.2, 0.25) is 5.69 Å². The fourth-order valence-corrected chi connectivity index (χ4v) is 2.54. The number of benzene rings is 1. The van der Waals surface area contributed by atoms with E-state index in [1.165, 1.54) is 19.1 Å². The number of nitrogens with zero attached hydrogens (tertiary/aromatic N) is 3. The van der Waals surface area contributed by atoms with Crippen LogP contribution in [0.3, 0.4) is 0 Å². The van der Waals surface area contributed by atoms with Crippen molar-refractivity contribution in [3.63, 3.8) is 0 Å². The van der Waals surface area contributed by atoms with Gasteiger partial charge in [-0.1, -0.05) is 0 Å². The predicted octanol–water partition coefficient (Wildman–Crippen LogP) is 1.36. The number of nitro groups is 2. The Kier molecular flexibility index (Phi) is 5.04. The number of nitrogens with one attached hydrogen (secondary N) is 1. The maximum Gasteiger partial charge on any atom is 0.302 e. The van der Waals surface area contributed by atoms with Gasteiger partial charge in [-0.15, -0.1) is 11.6 Å². The Bertz CT molecular complexity index is 654. The minimum Gasteiger partial charge on any atom is -0.308 e. The largest absolute Gasteiger partial charge is 0.308 e. The molecule has 0 aliphatic carbocycles. The summed E-state index contributed by atoms with van der Waals surface area (Å²) < 4.78 is 23.4. The number of anilines is 1. The predicted molar refractivity (Wildman–Crippen MR) is 75.0 cm³/mol. The van der Waals surface area contributed by atoms with Gasteiger partial charge in [0.25, 0.3) is 0 Å². The van der Waals surface area contributed by atoms with Gasteiger partial charge in [0, 0.05) is 26.2 Å². The van der Waals surface area contributed by atoms with Crippen LogP contribution < -0.4 is 5.43 Å². The van der Waals surface area contributed by atoms with E-state index < -0.39 is 46.9 Å². The van der Waals surface area contributed by atoms with E-state index in [4.69, 9.17) is 11.6 Å². The highest BCUT2D eigenvalue weighted by atomic mass is 35.5. The average Bonchev–Trinajstić information content (AvgIpc) is 2.37. The second kappa shape index (κ2) is 6.20. The van der Waals surface area contributed by atoms with E-state index in [0.29, 0.717) is 0 Å². The summed E-state index contributed by atoms with van der Waals surface area (Å²) in [6.45, 7) is 0. The molecule has 0 atom stereocenters. The third-order valence-electron chi connectivity index (χ3n) is 2.30. The summed E-state index contributed by atoms with van der Waals surface area (Å²) in [6, 6.07) is 1.47. The zero-order chi connectivity index (χ0) is 16.4. The molecule has 21 heavy (non-hydrogen) atoms. The van der Waals surface area contributed by atoms with E-state index in [-0.39, 0.29) is 0 Å². The van der Waals surface area contributed by atoms with Gasteiger partial charge < -0.3 is 5.43 Å². The van der Waals surface area contributed by atoms with Crippen LogP contribution in [0.5, 0.6) is 0 Å². The molecule has 0 saturated heterocycles. The first-order valence-corrected chi connectivity index (χ1v) is 7.48. The highest BCUT2D eigenvalue weighted by Crippen LogP contribution is 2.37. The van der Waals surface area contributed by atoms with E-state index in [2.05, 4.69) is 5.43 Å². The number of halogens is 1. The monoisotopic (exact) mass is 338 g/mol. The van der Waals surface area contributed by atoms with Crippen LogP contribution in [0.15, 0.2) is 17.0 Å². The fraction of sp³-hybridized carbons (Fsp3) is 0.333. The van der Waals surface area contributed by atoms with Crippen LogP contribution >= 0.6 is 11.6 Å². The molecule has 1 rings (SSSR count). The van der Waals surface area contributed by atoms with Crippen molar-refractivity contribution in [2.24, 2.45) is 0 Å². The Hall–Kier alpha value is -1.98. The molecule has 10 nitrogen and oxygen atoms in total. The molecule has 116 valence electrons. The number of sulfone groups is 1. The van der Waals surface area contributed by atoms with E-state index in [9.17, 15) is 28.6 Å². The lowest BCUT2D eigenvalue weighted by Gasteiger charge is -2.14. The SMILES string of the molecule is CN(C)Nc1c([N+](=O)[O-])cc(S(=O)(=O)CCl)cc1[N+](=O)[O-]. The normalized spacial score (nSPS) is 11.4. The van der Waals surface area contributed by atoms with Gasteiger partial charge in [0.05, 0.1) is 14.7 Å². The summed E-state index contributed by atoms with van der Waals surface area (Å²) in [7, 11) is -1.10. The number of hydrogen-bond acceptors (Lipinski definition) is 8. The summed E-state index contributed by atoms with van der Waals surface area (Å²) in [4.78, 5) is 19.7. The summed E-state index contributed by atoms with van der Waals surface area (Å²) in [6.07, 6.45) is 0. The highest BCUT2D eigenvalue weighted by Gasteiger charge is 2.30. The van der Waals surface area contributed by atoms with Gasteiger partial charge in [0.15, 0.2) is 9.84 Å². The van der Waals surface area contributed by atoms with Crippen molar-refractivity contribution in [1.29, 1.82) is 0 Å². The van der Waals surface area contributed by atoms with Crippen LogP contribution in [0.25, 0.3) is 0 Å². The molecule has 0 amide bonds. The molecule has 0 spiro atoms. The molecular weight excluding hydrogens is 328 g/mol. The molecule has 1 aromatic rings. The van der Waals surface area contributed by atoms with Crippen molar-refractivity contribution >= 4 is 38.5 Å². The van der Waals surface area contributed by atoms with E-state index in [1.54, 1.807) is 0 Å². The molecule has 0 aliphatic rings. The molecule has 1 aromatic carbocycles. The molecule has 0 heterocycles. The summed E-state index contributed by atoms with van der Waals surface area (Å²) >= 11 is 5.26. The van der Waals surface area contributed by atoms with Gasteiger partial charge in [-0.05, 0) is 0 Å². The Balaban J connectivity index is 3.72. The van der Waals surface area contributed by atoms with E-state index in [1.807, 2.05) is 0 Å². The first-order chi connectivity index (χ1) is 9.60. The molecule has 0 aromatic heterocycles. The van der Waals surface area contributed by atoms with Gasteiger partial charge in [0.1, 0.15) is 5.21 Å². The number of alkyl halides is 1. The Morgan fingerprint density at radius 1 is 1.19 bits per heavy atom. The van der Waals surface area contributed by atoms with Gasteiger partial charge >= 0.3 is 11.4 Å². The fourth-order valence-electron chi connectivity index (χ4n) is 1.46. The zero-order valence-electron chi connectivity index (χ0n) is 10.9. The maximum absolute atomic E-state index is 11.7. The molecule has 0 saturated carbocycles. The summed E-state index contributed by atoms with van der Waals surface area (Å²) in [5.74, 6) is 0. The number of hydrogen-bond donors (Lipinski definition) is 1. The topological polar surface area (TPSA) is 136 Å².